The van der Waals surface area contributed by atoms with E-state index in [-0.39, 0.29) is 5.41 Å². The third-order valence-electron chi connectivity index (χ3n) is 5.68. The van der Waals surface area contributed by atoms with Gasteiger partial charge >= 0.3 is 0 Å². The highest BCUT2D eigenvalue weighted by Crippen LogP contribution is 2.39. The first-order valence-corrected chi connectivity index (χ1v) is 10.4. The number of ether oxygens (including phenoxy) is 2. The van der Waals surface area contributed by atoms with E-state index < -0.39 is 0 Å². The van der Waals surface area contributed by atoms with E-state index in [2.05, 4.69) is 36.3 Å². The molecule has 1 unspecified atom stereocenters. The maximum Gasteiger partial charge on any atom is 0.193 e. The molecule has 2 aliphatic heterocycles. The molecule has 2 aliphatic rings. The Balaban J connectivity index is 1.79. The number of aliphatic imine (C=N–C) groups is 1. The normalized spacial score (nSPS) is 22.6. The van der Waals surface area contributed by atoms with Crippen molar-refractivity contribution in [2.24, 2.45) is 10.9 Å². The Morgan fingerprint density at radius 1 is 1.26 bits per heavy atom. The predicted molar refractivity (Wildman–Crippen MR) is 111 cm³/mol. The van der Waals surface area contributed by atoms with Gasteiger partial charge in [0.25, 0.3) is 0 Å². The monoisotopic (exact) mass is 393 g/mol. The molecule has 1 N–H and O–H groups in total. The molecular weight excluding hydrogens is 362 g/mol. The molecule has 0 spiro atoms. The molecule has 5 nitrogen and oxygen atoms in total. The van der Waals surface area contributed by atoms with Crippen LogP contribution in [0.2, 0.25) is 5.02 Å². The van der Waals surface area contributed by atoms with Crippen LogP contribution in [0.5, 0.6) is 0 Å². The summed E-state index contributed by atoms with van der Waals surface area (Å²) in [6, 6.07) is 8.19. The lowest BCUT2D eigenvalue weighted by Gasteiger charge is -2.37. The fraction of sp³-hybridized carbons (Fsp3) is 0.667. The summed E-state index contributed by atoms with van der Waals surface area (Å²) >= 11 is 6.57. The van der Waals surface area contributed by atoms with Gasteiger partial charge < -0.3 is 19.7 Å². The fourth-order valence-electron chi connectivity index (χ4n) is 4.06. The van der Waals surface area contributed by atoms with E-state index in [1.165, 1.54) is 5.56 Å². The predicted octanol–water partition coefficient (Wildman–Crippen LogP) is 3.32. The maximum atomic E-state index is 6.57. The van der Waals surface area contributed by atoms with Crippen LogP contribution < -0.4 is 5.32 Å². The van der Waals surface area contributed by atoms with E-state index in [0.717, 1.165) is 69.8 Å². The number of hydrogen-bond donors (Lipinski definition) is 1. The summed E-state index contributed by atoms with van der Waals surface area (Å²) in [7, 11) is 2.12. The van der Waals surface area contributed by atoms with Gasteiger partial charge in [-0.25, -0.2) is 0 Å². The van der Waals surface area contributed by atoms with Crippen LogP contribution in [-0.4, -0.2) is 64.0 Å². The van der Waals surface area contributed by atoms with Gasteiger partial charge in [-0.3, -0.25) is 4.99 Å². The Bertz CT molecular complexity index is 626. The lowest BCUT2D eigenvalue weighted by molar-refractivity contribution is 0.0530. The van der Waals surface area contributed by atoms with Gasteiger partial charge in [-0.05, 0) is 37.8 Å². The Hall–Kier alpha value is -1.30. The van der Waals surface area contributed by atoms with Gasteiger partial charge in [-0.2, -0.15) is 0 Å². The van der Waals surface area contributed by atoms with Gasteiger partial charge in [0.15, 0.2) is 5.96 Å². The first kappa shape index (κ1) is 20.4. The second kappa shape index (κ2) is 9.76. The van der Waals surface area contributed by atoms with Crippen LogP contribution in [0.15, 0.2) is 29.3 Å². The molecule has 0 saturated carbocycles. The number of halogens is 1. The van der Waals surface area contributed by atoms with Crippen LogP contribution >= 0.6 is 11.6 Å². The first-order valence-electron chi connectivity index (χ1n) is 10.0. The van der Waals surface area contributed by atoms with Crippen molar-refractivity contribution in [1.82, 2.24) is 10.2 Å². The Morgan fingerprint density at radius 3 is 2.70 bits per heavy atom. The third kappa shape index (κ3) is 5.15. The molecule has 150 valence electrons. The number of benzene rings is 1. The molecule has 0 bridgehead atoms. The molecular formula is C21H32ClN3O2. The minimum atomic E-state index is -0.0609. The number of guanidine groups is 1. The topological polar surface area (TPSA) is 46.1 Å². The number of rotatable bonds is 6. The molecule has 1 aromatic carbocycles. The molecule has 3 rings (SSSR count). The number of hydrogen-bond acceptors (Lipinski definition) is 3. The van der Waals surface area contributed by atoms with E-state index in [9.17, 15) is 0 Å². The second-order valence-corrected chi connectivity index (χ2v) is 8.06. The van der Waals surface area contributed by atoms with Crippen molar-refractivity contribution in [2.45, 2.75) is 31.6 Å². The van der Waals surface area contributed by atoms with Gasteiger partial charge in [0.2, 0.25) is 0 Å². The van der Waals surface area contributed by atoms with Crippen molar-refractivity contribution in [1.29, 1.82) is 0 Å². The average molecular weight is 394 g/mol. The quantitative estimate of drug-likeness (QED) is 0.595. The summed E-state index contributed by atoms with van der Waals surface area (Å²) in [5.74, 6) is 1.54. The van der Waals surface area contributed by atoms with E-state index >= 15 is 0 Å². The SMILES string of the molecule is CCNC(=NCC1(c2ccccc2Cl)CCOCC1)N(C)CC1CCOC1. The minimum Gasteiger partial charge on any atom is -0.381 e. The van der Waals surface area contributed by atoms with E-state index in [4.69, 9.17) is 26.1 Å². The summed E-state index contributed by atoms with van der Waals surface area (Å²) in [5, 5.41) is 4.28. The molecule has 27 heavy (non-hydrogen) atoms. The molecule has 1 aromatic rings. The van der Waals surface area contributed by atoms with Crippen LogP contribution in [0.1, 0.15) is 31.7 Å². The highest BCUT2D eigenvalue weighted by Gasteiger charge is 2.36. The van der Waals surface area contributed by atoms with Crippen LogP contribution in [0, 0.1) is 5.92 Å². The molecule has 1 atom stereocenters. The molecule has 6 heteroatoms. The van der Waals surface area contributed by atoms with Gasteiger partial charge in [-0.15, -0.1) is 0 Å². The molecule has 0 aliphatic carbocycles. The highest BCUT2D eigenvalue weighted by atomic mass is 35.5. The number of nitrogens with zero attached hydrogens (tertiary/aromatic N) is 2. The van der Waals surface area contributed by atoms with E-state index in [0.29, 0.717) is 12.5 Å². The third-order valence-corrected chi connectivity index (χ3v) is 6.01. The standard InChI is InChI=1S/C21H32ClN3O2/c1-3-23-20(25(2)14-17-8-11-27-15-17)24-16-21(9-12-26-13-10-21)18-6-4-5-7-19(18)22/h4-7,17H,3,8-16H2,1-2H3,(H,23,24). The van der Waals surface area contributed by atoms with Crippen molar-refractivity contribution in [3.63, 3.8) is 0 Å². The largest absolute Gasteiger partial charge is 0.381 e. The molecule has 0 radical (unpaired) electrons. The zero-order valence-corrected chi connectivity index (χ0v) is 17.3. The molecule has 2 heterocycles. The van der Waals surface area contributed by atoms with Gasteiger partial charge in [0.1, 0.15) is 0 Å². The van der Waals surface area contributed by atoms with Gasteiger partial charge in [-0.1, -0.05) is 29.8 Å². The van der Waals surface area contributed by atoms with E-state index in [1.807, 2.05) is 12.1 Å². The second-order valence-electron chi connectivity index (χ2n) is 7.65. The molecule has 0 amide bonds. The first-order chi connectivity index (χ1) is 13.1. The molecule has 2 fully saturated rings. The highest BCUT2D eigenvalue weighted by molar-refractivity contribution is 6.31. The van der Waals surface area contributed by atoms with Crippen molar-refractivity contribution >= 4 is 17.6 Å². The minimum absolute atomic E-state index is 0.0609. The maximum absolute atomic E-state index is 6.57. The van der Waals surface area contributed by atoms with Crippen LogP contribution in [0.3, 0.4) is 0 Å². The summed E-state index contributed by atoms with van der Waals surface area (Å²) in [5.41, 5.74) is 1.13. The zero-order chi connectivity index (χ0) is 19.1. The van der Waals surface area contributed by atoms with Crippen LogP contribution in [0.4, 0.5) is 0 Å². The summed E-state index contributed by atoms with van der Waals surface area (Å²) < 4.78 is 11.2. The smallest absolute Gasteiger partial charge is 0.193 e. The van der Waals surface area contributed by atoms with Crippen molar-refractivity contribution in [3.8, 4) is 0 Å². The summed E-state index contributed by atoms with van der Waals surface area (Å²) in [4.78, 5) is 7.28. The summed E-state index contributed by atoms with van der Waals surface area (Å²) in [6.45, 7) is 7.89. The number of nitrogens with one attached hydrogen (secondary N) is 1. The summed E-state index contributed by atoms with van der Waals surface area (Å²) in [6.07, 6.45) is 3.02. The Labute approximate surface area is 168 Å². The van der Waals surface area contributed by atoms with Crippen molar-refractivity contribution in [2.75, 3.05) is 53.1 Å². The van der Waals surface area contributed by atoms with Crippen molar-refractivity contribution < 1.29 is 9.47 Å². The molecule has 0 aromatic heterocycles. The lowest BCUT2D eigenvalue weighted by atomic mass is 9.74. The lowest BCUT2D eigenvalue weighted by Crippen LogP contribution is -2.43. The van der Waals surface area contributed by atoms with Crippen LogP contribution in [0.25, 0.3) is 0 Å². The van der Waals surface area contributed by atoms with Gasteiger partial charge in [0.05, 0.1) is 13.2 Å². The van der Waals surface area contributed by atoms with Gasteiger partial charge in [0, 0.05) is 56.3 Å². The Kier molecular flexibility index (Phi) is 7.39. The molecule has 2 saturated heterocycles. The van der Waals surface area contributed by atoms with Crippen LogP contribution in [-0.2, 0) is 14.9 Å². The fourth-order valence-corrected chi connectivity index (χ4v) is 4.40. The average Bonchev–Trinajstić information content (AvgIpc) is 3.19. The Morgan fingerprint density at radius 2 is 2.04 bits per heavy atom. The van der Waals surface area contributed by atoms with Crippen molar-refractivity contribution in [3.05, 3.63) is 34.9 Å². The van der Waals surface area contributed by atoms with E-state index in [1.54, 1.807) is 0 Å². The zero-order valence-electron chi connectivity index (χ0n) is 16.5.